The van der Waals surface area contributed by atoms with Crippen LogP contribution >= 0.6 is 0 Å². The summed E-state index contributed by atoms with van der Waals surface area (Å²) in [7, 11) is 0. The molecule has 2 N–H and O–H groups in total. The molecular formula is C16H32N2O. The molecule has 0 bridgehead atoms. The van der Waals surface area contributed by atoms with Crippen molar-refractivity contribution in [3.63, 3.8) is 0 Å². The molecule has 0 saturated carbocycles. The zero-order valence-corrected chi connectivity index (χ0v) is 13.2. The fourth-order valence-corrected chi connectivity index (χ4v) is 3.82. The van der Waals surface area contributed by atoms with Gasteiger partial charge in [0, 0.05) is 25.2 Å². The molecule has 112 valence electrons. The van der Waals surface area contributed by atoms with E-state index >= 15 is 0 Å². The van der Waals surface area contributed by atoms with Crippen LogP contribution < -0.4 is 5.73 Å². The predicted octanol–water partition coefficient (Wildman–Crippen LogP) is 2.64. The monoisotopic (exact) mass is 268 g/mol. The third kappa shape index (κ3) is 2.98. The van der Waals surface area contributed by atoms with Gasteiger partial charge in [0.15, 0.2) is 0 Å². The van der Waals surface area contributed by atoms with Gasteiger partial charge in [-0.1, -0.05) is 20.8 Å². The Morgan fingerprint density at radius 1 is 1.32 bits per heavy atom. The van der Waals surface area contributed by atoms with Gasteiger partial charge in [0.1, 0.15) is 0 Å². The summed E-state index contributed by atoms with van der Waals surface area (Å²) < 4.78 is 6.03. The molecule has 2 aliphatic heterocycles. The minimum atomic E-state index is 0.0178. The second kappa shape index (κ2) is 5.71. The Balaban J connectivity index is 2.13. The Bertz CT molecular complexity index is 309. The molecule has 2 aliphatic rings. The van der Waals surface area contributed by atoms with Gasteiger partial charge in [-0.25, -0.2) is 0 Å². The average molecular weight is 268 g/mol. The molecule has 3 nitrogen and oxygen atoms in total. The van der Waals surface area contributed by atoms with E-state index < -0.39 is 0 Å². The van der Waals surface area contributed by atoms with Crippen molar-refractivity contribution in [2.45, 2.75) is 64.5 Å². The lowest BCUT2D eigenvalue weighted by Crippen LogP contribution is -2.63. The van der Waals surface area contributed by atoms with Crippen LogP contribution in [0.15, 0.2) is 0 Å². The first kappa shape index (κ1) is 15.3. The smallest absolute Gasteiger partial charge is 0.0670 e. The van der Waals surface area contributed by atoms with Crippen molar-refractivity contribution in [2.24, 2.45) is 17.6 Å². The van der Waals surface area contributed by atoms with Crippen LogP contribution in [0, 0.1) is 11.8 Å². The average Bonchev–Trinajstić information content (AvgIpc) is 2.42. The van der Waals surface area contributed by atoms with Crippen LogP contribution in [0.1, 0.15) is 53.4 Å². The van der Waals surface area contributed by atoms with Gasteiger partial charge in [0.05, 0.1) is 5.60 Å². The summed E-state index contributed by atoms with van der Waals surface area (Å²) in [4.78, 5) is 2.69. The fourth-order valence-electron chi connectivity index (χ4n) is 3.82. The lowest BCUT2D eigenvalue weighted by atomic mass is 9.75. The fraction of sp³-hybridized carbons (Fsp3) is 1.00. The molecule has 0 aliphatic carbocycles. The Morgan fingerprint density at radius 3 is 2.63 bits per heavy atom. The van der Waals surface area contributed by atoms with E-state index in [1.807, 2.05) is 0 Å². The summed E-state index contributed by atoms with van der Waals surface area (Å²) in [6.45, 7) is 13.3. The summed E-state index contributed by atoms with van der Waals surface area (Å²) >= 11 is 0. The maximum Gasteiger partial charge on any atom is 0.0670 e. The number of nitrogens with zero attached hydrogens (tertiary/aromatic N) is 1. The summed E-state index contributed by atoms with van der Waals surface area (Å²) in [6, 6.07) is 0. The molecule has 0 aromatic carbocycles. The zero-order chi connectivity index (χ0) is 14.1. The predicted molar refractivity (Wildman–Crippen MR) is 80.2 cm³/mol. The van der Waals surface area contributed by atoms with E-state index in [-0.39, 0.29) is 11.1 Å². The van der Waals surface area contributed by atoms with Gasteiger partial charge < -0.3 is 10.5 Å². The van der Waals surface area contributed by atoms with E-state index in [9.17, 15) is 0 Å². The van der Waals surface area contributed by atoms with E-state index in [1.54, 1.807) is 0 Å². The summed E-state index contributed by atoms with van der Waals surface area (Å²) in [5.74, 6) is 1.64. The SMILES string of the molecule is CCC1(C)CC(CN)(N2CCC(C)C(C)C2)CCO1. The number of rotatable bonds is 3. The molecular weight excluding hydrogens is 236 g/mol. The van der Waals surface area contributed by atoms with Gasteiger partial charge in [-0.15, -0.1) is 0 Å². The molecule has 0 aromatic heterocycles. The number of hydrogen-bond donors (Lipinski definition) is 1. The first-order valence-corrected chi connectivity index (χ1v) is 8.04. The molecule has 2 heterocycles. The highest BCUT2D eigenvalue weighted by atomic mass is 16.5. The highest BCUT2D eigenvalue weighted by Crippen LogP contribution is 2.40. The lowest BCUT2D eigenvalue weighted by Gasteiger charge is -2.54. The van der Waals surface area contributed by atoms with Gasteiger partial charge >= 0.3 is 0 Å². The molecule has 2 saturated heterocycles. The normalized spacial score (nSPS) is 45.3. The molecule has 3 heteroatoms. The maximum absolute atomic E-state index is 6.23. The van der Waals surface area contributed by atoms with Crippen LogP contribution in [-0.4, -0.2) is 42.3 Å². The quantitative estimate of drug-likeness (QED) is 0.855. The highest BCUT2D eigenvalue weighted by Gasteiger charge is 2.46. The third-order valence-electron chi connectivity index (χ3n) is 5.85. The number of ether oxygens (including phenoxy) is 1. The van der Waals surface area contributed by atoms with E-state index in [1.165, 1.54) is 19.5 Å². The van der Waals surface area contributed by atoms with Gasteiger partial charge in [-0.2, -0.15) is 0 Å². The van der Waals surface area contributed by atoms with Crippen LogP contribution in [0.3, 0.4) is 0 Å². The van der Waals surface area contributed by atoms with Crippen LogP contribution in [0.4, 0.5) is 0 Å². The number of hydrogen-bond acceptors (Lipinski definition) is 3. The third-order valence-corrected chi connectivity index (χ3v) is 5.85. The first-order chi connectivity index (χ1) is 8.95. The molecule has 4 atom stereocenters. The highest BCUT2D eigenvalue weighted by molar-refractivity contribution is 5.01. The first-order valence-electron chi connectivity index (χ1n) is 8.04. The second-order valence-electron chi connectivity index (χ2n) is 7.20. The largest absolute Gasteiger partial charge is 0.375 e. The Hall–Kier alpha value is -0.120. The maximum atomic E-state index is 6.23. The summed E-state index contributed by atoms with van der Waals surface area (Å²) in [5.41, 5.74) is 6.42. The number of nitrogens with two attached hydrogens (primary N) is 1. The van der Waals surface area contributed by atoms with Crippen molar-refractivity contribution in [1.29, 1.82) is 0 Å². The minimum absolute atomic E-state index is 0.0178. The molecule has 0 amide bonds. The van der Waals surface area contributed by atoms with Crippen LogP contribution in [-0.2, 0) is 4.74 Å². The summed E-state index contributed by atoms with van der Waals surface area (Å²) in [6.07, 6.45) is 4.58. The van der Waals surface area contributed by atoms with Gasteiger partial charge in [0.2, 0.25) is 0 Å². The Labute approximate surface area is 118 Å². The van der Waals surface area contributed by atoms with E-state index in [4.69, 9.17) is 10.5 Å². The van der Waals surface area contributed by atoms with Crippen molar-refractivity contribution in [1.82, 2.24) is 4.90 Å². The Kier molecular flexibility index (Phi) is 4.59. The van der Waals surface area contributed by atoms with Crippen molar-refractivity contribution in [2.75, 3.05) is 26.2 Å². The van der Waals surface area contributed by atoms with E-state index in [0.29, 0.717) is 0 Å². The standard InChI is InChI=1S/C16H32N2O/c1-5-15(4)11-16(12-17,7-9-19-15)18-8-6-13(2)14(3)10-18/h13-14H,5-12,17H2,1-4H3. The van der Waals surface area contributed by atoms with E-state index in [0.717, 1.165) is 44.2 Å². The number of likely N-dealkylation sites (tertiary alicyclic amines) is 1. The molecule has 0 radical (unpaired) electrons. The lowest BCUT2D eigenvalue weighted by molar-refractivity contribution is -0.136. The van der Waals surface area contributed by atoms with Crippen LogP contribution in [0.25, 0.3) is 0 Å². The van der Waals surface area contributed by atoms with Gasteiger partial charge in [-0.3, -0.25) is 4.90 Å². The minimum Gasteiger partial charge on any atom is -0.375 e. The molecule has 0 spiro atoms. The summed E-state index contributed by atoms with van der Waals surface area (Å²) in [5, 5.41) is 0. The molecule has 2 rings (SSSR count). The molecule has 4 unspecified atom stereocenters. The molecule has 2 fully saturated rings. The van der Waals surface area contributed by atoms with Crippen molar-refractivity contribution < 1.29 is 4.74 Å². The van der Waals surface area contributed by atoms with Crippen molar-refractivity contribution in [3.05, 3.63) is 0 Å². The topological polar surface area (TPSA) is 38.5 Å². The second-order valence-corrected chi connectivity index (χ2v) is 7.20. The van der Waals surface area contributed by atoms with Gasteiger partial charge in [0.25, 0.3) is 0 Å². The van der Waals surface area contributed by atoms with Crippen molar-refractivity contribution >= 4 is 0 Å². The Morgan fingerprint density at radius 2 is 2.05 bits per heavy atom. The molecule has 19 heavy (non-hydrogen) atoms. The molecule has 0 aromatic rings. The number of piperidine rings is 1. The van der Waals surface area contributed by atoms with Gasteiger partial charge in [-0.05, 0) is 51.0 Å². The van der Waals surface area contributed by atoms with Crippen LogP contribution in [0.5, 0.6) is 0 Å². The van der Waals surface area contributed by atoms with Crippen LogP contribution in [0.2, 0.25) is 0 Å². The van der Waals surface area contributed by atoms with E-state index in [2.05, 4.69) is 32.6 Å². The van der Waals surface area contributed by atoms with Crippen molar-refractivity contribution in [3.8, 4) is 0 Å². The zero-order valence-electron chi connectivity index (χ0n) is 13.2.